The van der Waals surface area contributed by atoms with Crippen LogP contribution in [0.3, 0.4) is 0 Å². The molecule has 1 rings (SSSR count). The van der Waals surface area contributed by atoms with Gasteiger partial charge in [0, 0.05) is 6.61 Å². The minimum atomic E-state index is -1.00. The molecule has 0 aromatic carbocycles. The number of hydrogen-bond acceptors (Lipinski definition) is 5. The van der Waals surface area contributed by atoms with Gasteiger partial charge in [0.1, 0.15) is 24.4 Å². The zero-order valence-corrected chi connectivity index (χ0v) is 19.9. The number of allylic oxidation sites excluding steroid dienone is 1. The summed E-state index contributed by atoms with van der Waals surface area (Å²) >= 11 is 0. The predicted molar refractivity (Wildman–Crippen MR) is 127 cm³/mol. The summed E-state index contributed by atoms with van der Waals surface area (Å²) in [6, 6.07) is 0. The van der Waals surface area contributed by atoms with Crippen molar-refractivity contribution >= 4 is 0 Å². The van der Waals surface area contributed by atoms with Crippen molar-refractivity contribution in [1.82, 2.24) is 0 Å². The molecule has 0 aromatic rings. The lowest BCUT2D eigenvalue weighted by atomic mass is 10.0. The van der Waals surface area contributed by atoms with Gasteiger partial charge in [0.15, 0.2) is 0 Å². The highest BCUT2D eigenvalue weighted by Gasteiger charge is 2.40. The van der Waals surface area contributed by atoms with Gasteiger partial charge in [-0.2, -0.15) is 0 Å². The second-order valence-corrected chi connectivity index (χ2v) is 9.18. The molecule has 184 valence electrons. The molecule has 1 fully saturated rings. The number of unbranched alkanes of at least 4 members (excludes halogenated alkanes) is 16. The van der Waals surface area contributed by atoms with Crippen LogP contribution in [0.15, 0.2) is 12.7 Å². The van der Waals surface area contributed by atoms with Gasteiger partial charge in [-0.15, -0.1) is 6.58 Å². The minimum absolute atomic E-state index is 0.156. The Hall–Kier alpha value is -0.460. The van der Waals surface area contributed by atoms with Gasteiger partial charge in [0.2, 0.25) is 0 Å². The van der Waals surface area contributed by atoms with Crippen LogP contribution in [0, 0.1) is 0 Å². The Kier molecular flexibility index (Phi) is 18.6. The monoisotopic (exact) mass is 442 g/mol. The summed E-state index contributed by atoms with van der Waals surface area (Å²) in [6.45, 7) is 4.11. The molecular formula is C26H50O5. The van der Waals surface area contributed by atoms with E-state index in [2.05, 4.69) is 6.58 Å². The molecule has 5 nitrogen and oxygen atoms in total. The predicted octanol–water partition coefficient (Wildman–Crippen LogP) is 5.30. The van der Waals surface area contributed by atoms with E-state index in [-0.39, 0.29) is 13.2 Å². The summed E-state index contributed by atoms with van der Waals surface area (Å²) in [5, 5.41) is 28.7. The van der Waals surface area contributed by atoms with Crippen molar-refractivity contribution in [3.05, 3.63) is 12.7 Å². The van der Waals surface area contributed by atoms with E-state index in [1.54, 1.807) is 0 Å². The van der Waals surface area contributed by atoms with Crippen molar-refractivity contribution in [3.8, 4) is 0 Å². The lowest BCUT2D eigenvalue weighted by Gasteiger charge is -2.23. The van der Waals surface area contributed by atoms with Crippen molar-refractivity contribution in [3.63, 3.8) is 0 Å². The van der Waals surface area contributed by atoms with Gasteiger partial charge in [-0.1, -0.05) is 96.0 Å². The first-order chi connectivity index (χ1) is 15.2. The third kappa shape index (κ3) is 14.3. The van der Waals surface area contributed by atoms with Crippen LogP contribution in [0.4, 0.5) is 0 Å². The van der Waals surface area contributed by atoms with Gasteiger partial charge in [-0.3, -0.25) is 0 Å². The maximum absolute atomic E-state index is 9.91. The van der Waals surface area contributed by atoms with Gasteiger partial charge < -0.3 is 24.8 Å². The molecule has 1 saturated heterocycles. The Morgan fingerprint density at radius 3 is 1.71 bits per heavy atom. The number of hydrogen-bond donors (Lipinski definition) is 3. The first-order valence-corrected chi connectivity index (χ1v) is 13.0. The molecule has 5 heteroatoms. The van der Waals surface area contributed by atoms with Crippen molar-refractivity contribution in [2.75, 3.05) is 19.8 Å². The Morgan fingerprint density at radius 1 is 0.806 bits per heavy atom. The molecule has 0 radical (unpaired) electrons. The summed E-state index contributed by atoms with van der Waals surface area (Å²) in [7, 11) is 0. The fourth-order valence-corrected chi connectivity index (χ4v) is 4.34. The Morgan fingerprint density at radius 2 is 1.26 bits per heavy atom. The van der Waals surface area contributed by atoms with E-state index >= 15 is 0 Å². The fraction of sp³-hybridized carbons (Fsp3) is 0.923. The molecule has 4 atom stereocenters. The van der Waals surface area contributed by atoms with E-state index in [0.717, 1.165) is 12.8 Å². The van der Waals surface area contributed by atoms with E-state index < -0.39 is 24.4 Å². The van der Waals surface area contributed by atoms with Crippen LogP contribution in [0.2, 0.25) is 0 Å². The zero-order valence-electron chi connectivity index (χ0n) is 19.9. The Balaban J connectivity index is 1.79. The van der Waals surface area contributed by atoms with Crippen molar-refractivity contribution in [2.45, 2.75) is 134 Å². The normalized spacial score (nSPS) is 22.1. The number of aliphatic hydroxyl groups is 3. The number of rotatable bonds is 22. The lowest BCUT2D eigenvalue weighted by Crippen LogP contribution is -2.42. The zero-order chi connectivity index (χ0) is 22.6. The SMILES string of the molecule is C=CCCCCCCCCCCCCCCCCCCO[C@H]1[C@@H]([C@H](O)CO)OC[C@@H]1O. The first kappa shape index (κ1) is 28.6. The van der Waals surface area contributed by atoms with Crippen LogP contribution < -0.4 is 0 Å². The van der Waals surface area contributed by atoms with Gasteiger partial charge >= 0.3 is 0 Å². The average molecular weight is 443 g/mol. The standard InChI is InChI=1S/C26H50O5/c1-2-3-4-5-6-7-8-9-10-11-12-13-14-15-16-17-18-19-20-30-26-24(29)22-31-25(26)23(28)21-27/h2,23-29H,1,3-22H2/t23-,24+,25-,26-/m1/s1. The second-order valence-electron chi connectivity index (χ2n) is 9.18. The third-order valence-corrected chi connectivity index (χ3v) is 6.34. The van der Waals surface area contributed by atoms with Gasteiger partial charge in [0.25, 0.3) is 0 Å². The molecule has 0 bridgehead atoms. The highest BCUT2D eigenvalue weighted by molar-refractivity contribution is 4.89. The number of aliphatic hydroxyl groups excluding tert-OH is 3. The molecule has 0 amide bonds. The van der Waals surface area contributed by atoms with E-state index in [4.69, 9.17) is 14.6 Å². The molecule has 0 aliphatic carbocycles. The van der Waals surface area contributed by atoms with Crippen LogP contribution in [0.25, 0.3) is 0 Å². The van der Waals surface area contributed by atoms with Crippen LogP contribution in [-0.2, 0) is 9.47 Å². The van der Waals surface area contributed by atoms with Gasteiger partial charge in [0.05, 0.1) is 13.2 Å². The van der Waals surface area contributed by atoms with Crippen molar-refractivity contribution in [2.24, 2.45) is 0 Å². The summed E-state index contributed by atoms with van der Waals surface area (Å²) in [6.07, 6.45) is 21.5. The average Bonchev–Trinajstić information content (AvgIpc) is 3.15. The van der Waals surface area contributed by atoms with E-state index in [1.807, 2.05) is 6.08 Å². The largest absolute Gasteiger partial charge is 0.394 e. The van der Waals surface area contributed by atoms with Crippen LogP contribution in [-0.4, -0.2) is 59.6 Å². The molecule has 3 N–H and O–H groups in total. The summed E-state index contributed by atoms with van der Waals surface area (Å²) in [5.74, 6) is 0. The summed E-state index contributed by atoms with van der Waals surface area (Å²) in [5.41, 5.74) is 0. The molecule has 0 saturated carbocycles. The molecule has 0 unspecified atom stereocenters. The first-order valence-electron chi connectivity index (χ1n) is 13.0. The maximum atomic E-state index is 9.91. The van der Waals surface area contributed by atoms with Crippen molar-refractivity contribution in [1.29, 1.82) is 0 Å². The topological polar surface area (TPSA) is 79.2 Å². The molecule has 1 aliphatic rings. The Labute approximate surface area is 191 Å². The van der Waals surface area contributed by atoms with Crippen LogP contribution in [0.1, 0.15) is 109 Å². The molecular weight excluding hydrogens is 392 g/mol. The highest BCUT2D eigenvalue weighted by Crippen LogP contribution is 2.21. The molecule has 1 heterocycles. The van der Waals surface area contributed by atoms with E-state index in [9.17, 15) is 10.2 Å². The maximum Gasteiger partial charge on any atom is 0.114 e. The highest BCUT2D eigenvalue weighted by atomic mass is 16.6. The summed E-state index contributed by atoms with van der Waals surface area (Å²) in [4.78, 5) is 0. The molecule has 31 heavy (non-hydrogen) atoms. The fourth-order valence-electron chi connectivity index (χ4n) is 4.34. The van der Waals surface area contributed by atoms with Crippen LogP contribution in [0.5, 0.6) is 0 Å². The quantitative estimate of drug-likeness (QED) is 0.157. The van der Waals surface area contributed by atoms with Crippen molar-refractivity contribution < 1.29 is 24.8 Å². The van der Waals surface area contributed by atoms with Gasteiger partial charge in [-0.05, 0) is 19.3 Å². The smallest absolute Gasteiger partial charge is 0.114 e. The van der Waals surface area contributed by atoms with E-state index in [0.29, 0.717) is 6.61 Å². The van der Waals surface area contributed by atoms with Gasteiger partial charge in [-0.25, -0.2) is 0 Å². The second kappa shape index (κ2) is 20.2. The molecule has 0 spiro atoms. The Bertz CT molecular complexity index is 403. The molecule has 1 aliphatic heterocycles. The van der Waals surface area contributed by atoms with E-state index in [1.165, 1.54) is 96.3 Å². The third-order valence-electron chi connectivity index (χ3n) is 6.34. The lowest BCUT2D eigenvalue weighted by molar-refractivity contribution is -0.0938. The summed E-state index contributed by atoms with van der Waals surface area (Å²) < 4.78 is 11.1. The molecule has 0 aromatic heterocycles. The van der Waals surface area contributed by atoms with Crippen LogP contribution >= 0.6 is 0 Å². The minimum Gasteiger partial charge on any atom is -0.394 e. The number of ether oxygens (including phenoxy) is 2.